The predicted molar refractivity (Wildman–Crippen MR) is 83.8 cm³/mol. The summed E-state index contributed by atoms with van der Waals surface area (Å²) in [5.41, 5.74) is 5.04. The van der Waals surface area contributed by atoms with Gasteiger partial charge in [-0.25, -0.2) is 4.98 Å². The predicted octanol–water partition coefficient (Wildman–Crippen LogP) is 4.07. The number of hydrogen-bond donors (Lipinski definition) is 1. The lowest BCUT2D eigenvalue weighted by Crippen LogP contribution is -2.02. The number of ether oxygens (including phenoxy) is 1. The number of oxazole rings is 1. The molecule has 0 fully saturated rings. The van der Waals surface area contributed by atoms with Crippen LogP contribution in [-0.4, -0.2) is 12.1 Å². The van der Waals surface area contributed by atoms with Gasteiger partial charge >= 0.3 is 0 Å². The van der Waals surface area contributed by atoms with E-state index < -0.39 is 0 Å². The second-order valence-electron chi connectivity index (χ2n) is 5.08. The Morgan fingerprint density at radius 2 is 2.00 bits per heavy atom. The molecule has 0 saturated heterocycles. The average Bonchev–Trinajstić information content (AvgIpc) is 2.84. The SMILES string of the molecule is COc1ccc(C)cc1CNc1ccc2oc(C)nc2c1. The molecule has 0 amide bonds. The summed E-state index contributed by atoms with van der Waals surface area (Å²) < 4.78 is 10.9. The molecule has 1 heterocycles. The Bertz CT molecular complexity index is 778. The van der Waals surface area contributed by atoms with Crippen LogP contribution < -0.4 is 10.1 Å². The van der Waals surface area contributed by atoms with Gasteiger partial charge in [0.15, 0.2) is 11.5 Å². The fourth-order valence-corrected chi connectivity index (χ4v) is 2.40. The normalized spacial score (nSPS) is 10.8. The minimum atomic E-state index is 0.683. The summed E-state index contributed by atoms with van der Waals surface area (Å²) in [6, 6.07) is 12.1. The third kappa shape index (κ3) is 2.84. The lowest BCUT2D eigenvalue weighted by molar-refractivity contribution is 0.410. The minimum Gasteiger partial charge on any atom is -0.496 e. The van der Waals surface area contributed by atoms with Gasteiger partial charge in [-0.2, -0.15) is 0 Å². The first-order valence-electron chi connectivity index (χ1n) is 6.90. The van der Waals surface area contributed by atoms with Crippen LogP contribution in [0.4, 0.5) is 5.69 Å². The van der Waals surface area contributed by atoms with E-state index in [1.807, 2.05) is 37.3 Å². The summed E-state index contributed by atoms with van der Waals surface area (Å²) >= 11 is 0. The third-order valence-corrected chi connectivity index (χ3v) is 3.41. The molecule has 0 unspecified atom stereocenters. The lowest BCUT2D eigenvalue weighted by Gasteiger charge is -2.11. The van der Waals surface area contributed by atoms with Crippen LogP contribution in [0.15, 0.2) is 40.8 Å². The summed E-state index contributed by atoms with van der Waals surface area (Å²) in [6.45, 7) is 4.63. The maximum absolute atomic E-state index is 5.48. The van der Waals surface area contributed by atoms with Gasteiger partial charge in [0.1, 0.15) is 11.3 Å². The van der Waals surface area contributed by atoms with Crippen molar-refractivity contribution in [3.63, 3.8) is 0 Å². The highest BCUT2D eigenvalue weighted by molar-refractivity contribution is 5.77. The Morgan fingerprint density at radius 3 is 2.81 bits per heavy atom. The number of nitrogens with one attached hydrogen (secondary N) is 1. The van der Waals surface area contributed by atoms with Crippen LogP contribution in [0.2, 0.25) is 0 Å². The lowest BCUT2D eigenvalue weighted by atomic mass is 10.1. The highest BCUT2D eigenvalue weighted by Gasteiger charge is 2.05. The van der Waals surface area contributed by atoms with Crippen LogP contribution in [-0.2, 0) is 6.54 Å². The topological polar surface area (TPSA) is 47.3 Å². The Hall–Kier alpha value is -2.49. The van der Waals surface area contributed by atoms with Gasteiger partial charge in [-0.1, -0.05) is 17.7 Å². The van der Waals surface area contributed by atoms with E-state index in [2.05, 4.69) is 23.3 Å². The summed E-state index contributed by atoms with van der Waals surface area (Å²) in [7, 11) is 1.69. The zero-order valence-corrected chi connectivity index (χ0v) is 12.4. The maximum atomic E-state index is 5.48. The summed E-state index contributed by atoms with van der Waals surface area (Å²) in [5.74, 6) is 1.58. The van der Waals surface area contributed by atoms with Gasteiger partial charge in [-0.15, -0.1) is 0 Å². The molecule has 4 heteroatoms. The van der Waals surface area contributed by atoms with Gasteiger partial charge in [0.05, 0.1) is 7.11 Å². The first kappa shape index (κ1) is 13.5. The van der Waals surface area contributed by atoms with E-state index in [0.717, 1.165) is 28.1 Å². The minimum absolute atomic E-state index is 0.683. The molecule has 0 saturated carbocycles. The fourth-order valence-electron chi connectivity index (χ4n) is 2.40. The molecule has 0 spiro atoms. The summed E-state index contributed by atoms with van der Waals surface area (Å²) in [6.07, 6.45) is 0. The second-order valence-corrected chi connectivity index (χ2v) is 5.08. The molecule has 1 aromatic heterocycles. The molecular formula is C17H18N2O2. The van der Waals surface area contributed by atoms with Crippen molar-refractivity contribution in [3.05, 3.63) is 53.4 Å². The quantitative estimate of drug-likeness (QED) is 0.783. The van der Waals surface area contributed by atoms with Crippen molar-refractivity contribution in [3.8, 4) is 5.75 Å². The molecule has 0 aliphatic carbocycles. The van der Waals surface area contributed by atoms with Crippen LogP contribution in [0.3, 0.4) is 0 Å². The van der Waals surface area contributed by atoms with Crippen molar-refractivity contribution in [1.29, 1.82) is 0 Å². The highest BCUT2D eigenvalue weighted by Crippen LogP contribution is 2.23. The van der Waals surface area contributed by atoms with Gasteiger partial charge in [0.2, 0.25) is 0 Å². The van der Waals surface area contributed by atoms with E-state index in [1.54, 1.807) is 7.11 Å². The molecule has 21 heavy (non-hydrogen) atoms. The number of benzene rings is 2. The van der Waals surface area contributed by atoms with Gasteiger partial charge in [-0.3, -0.25) is 0 Å². The van der Waals surface area contributed by atoms with Crippen molar-refractivity contribution < 1.29 is 9.15 Å². The number of hydrogen-bond acceptors (Lipinski definition) is 4. The maximum Gasteiger partial charge on any atom is 0.192 e. The molecule has 2 aromatic carbocycles. The first-order chi connectivity index (χ1) is 10.2. The standard InChI is InChI=1S/C17H18N2O2/c1-11-4-6-16(20-3)13(8-11)10-18-14-5-7-17-15(9-14)19-12(2)21-17/h4-9,18H,10H2,1-3H3. The zero-order valence-electron chi connectivity index (χ0n) is 12.4. The zero-order chi connectivity index (χ0) is 14.8. The monoisotopic (exact) mass is 282 g/mol. The third-order valence-electron chi connectivity index (χ3n) is 3.41. The van der Waals surface area contributed by atoms with Crippen LogP contribution in [0.1, 0.15) is 17.0 Å². The molecule has 3 rings (SSSR count). The fraction of sp³-hybridized carbons (Fsp3) is 0.235. The average molecular weight is 282 g/mol. The smallest absolute Gasteiger partial charge is 0.192 e. The van der Waals surface area contributed by atoms with E-state index in [1.165, 1.54) is 5.56 Å². The van der Waals surface area contributed by atoms with Crippen LogP contribution in [0.25, 0.3) is 11.1 Å². The van der Waals surface area contributed by atoms with Crippen molar-refractivity contribution in [2.45, 2.75) is 20.4 Å². The van der Waals surface area contributed by atoms with Crippen LogP contribution in [0, 0.1) is 13.8 Å². The molecule has 4 nitrogen and oxygen atoms in total. The molecule has 0 aliphatic heterocycles. The molecule has 0 atom stereocenters. The molecule has 0 radical (unpaired) electrons. The van der Waals surface area contributed by atoms with Crippen LogP contribution >= 0.6 is 0 Å². The highest BCUT2D eigenvalue weighted by atomic mass is 16.5. The first-order valence-corrected chi connectivity index (χ1v) is 6.90. The van der Waals surface area contributed by atoms with E-state index in [9.17, 15) is 0 Å². The largest absolute Gasteiger partial charge is 0.496 e. The van der Waals surface area contributed by atoms with Gasteiger partial charge in [0.25, 0.3) is 0 Å². The Balaban J connectivity index is 1.81. The number of rotatable bonds is 4. The number of methoxy groups -OCH3 is 1. The number of aromatic nitrogens is 1. The van der Waals surface area contributed by atoms with Crippen molar-refractivity contribution >= 4 is 16.8 Å². The Kier molecular flexibility index (Phi) is 3.52. The molecular weight excluding hydrogens is 264 g/mol. The van der Waals surface area contributed by atoms with E-state index >= 15 is 0 Å². The Morgan fingerprint density at radius 1 is 1.14 bits per heavy atom. The van der Waals surface area contributed by atoms with Crippen molar-refractivity contribution in [2.24, 2.45) is 0 Å². The summed E-state index contributed by atoms with van der Waals surface area (Å²) in [5, 5.41) is 3.40. The van der Waals surface area contributed by atoms with Crippen molar-refractivity contribution in [1.82, 2.24) is 4.98 Å². The molecule has 3 aromatic rings. The number of fused-ring (bicyclic) bond motifs is 1. The Labute approximate surface area is 123 Å². The van der Waals surface area contributed by atoms with E-state index in [-0.39, 0.29) is 0 Å². The molecule has 1 N–H and O–H groups in total. The van der Waals surface area contributed by atoms with Crippen LogP contribution in [0.5, 0.6) is 5.75 Å². The second kappa shape index (κ2) is 5.48. The summed E-state index contributed by atoms with van der Waals surface area (Å²) in [4.78, 5) is 4.35. The van der Waals surface area contributed by atoms with Gasteiger partial charge in [-0.05, 0) is 31.2 Å². The number of nitrogens with zero attached hydrogens (tertiary/aromatic N) is 1. The number of aryl methyl sites for hydroxylation is 2. The van der Waals surface area contributed by atoms with Gasteiger partial charge < -0.3 is 14.5 Å². The molecule has 108 valence electrons. The van der Waals surface area contributed by atoms with E-state index in [0.29, 0.717) is 12.4 Å². The number of anilines is 1. The van der Waals surface area contributed by atoms with Gasteiger partial charge in [0, 0.05) is 24.7 Å². The van der Waals surface area contributed by atoms with Crippen molar-refractivity contribution in [2.75, 3.05) is 12.4 Å². The molecule has 0 aliphatic rings. The van der Waals surface area contributed by atoms with E-state index in [4.69, 9.17) is 9.15 Å². The molecule has 0 bridgehead atoms.